The van der Waals surface area contributed by atoms with E-state index in [1.54, 1.807) is 12.1 Å². The minimum Gasteiger partial charge on any atom is -0.507 e. The SMILES string of the molecule is Oc1cccc2cc3oc4c5ccccc5c(O)cc4c3cc12. The van der Waals surface area contributed by atoms with Crippen LogP contribution in [-0.2, 0) is 0 Å². The Morgan fingerprint density at radius 3 is 2.30 bits per heavy atom. The molecule has 1 aromatic heterocycles. The Kier molecular flexibility index (Phi) is 2.24. The van der Waals surface area contributed by atoms with Gasteiger partial charge >= 0.3 is 0 Å². The third kappa shape index (κ3) is 1.59. The summed E-state index contributed by atoms with van der Waals surface area (Å²) in [4.78, 5) is 0. The molecule has 0 aliphatic carbocycles. The van der Waals surface area contributed by atoms with Gasteiger partial charge in [-0.2, -0.15) is 0 Å². The van der Waals surface area contributed by atoms with Crippen molar-refractivity contribution in [3.8, 4) is 11.5 Å². The van der Waals surface area contributed by atoms with E-state index in [4.69, 9.17) is 4.42 Å². The van der Waals surface area contributed by atoms with Gasteiger partial charge in [-0.25, -0.2) is 0 Å². The lowest BCUT2D eigenvalue weighted by molar-refractivity contribution is 0.481. The summed E-state index contributed by atoms with van der Waals surface area (Å²) >= 11 is 0. The first-order valence-corrected chi connectivity index (χ1v) is 7.41. The third-order valence-corrected chi connectivity index (χ3v) is 4.43. The Balaban J connectivity index is 2.05. The van der Waals surface area contributed by atoms with E-state index in [0.29, 0.717) is 0 Å². The topological polar surface area (TPSA) is 53.6 Å². The Morgan fingerprint density at radius 1 is 0.609 bits per heavy atom. The first-order valence-electron chi connectivity index (χ1n) is 7.41. The van der Waals surface area contributed by atoms with Gasteiger partial charge in [0.25, 0.3) is 0 Å². The molecule has 0 aliphatic rings. The van der Waals surface area contributed by atoms with Crippen LogP contribution in [0.4, 0.5) is 0 Å². The van der Waals surface area contributed by atoms with Gasteiger partial charge in [-0.1, -0.05) is 36.4 Å². The van der Waals surface area contributed by atoms with Crippen molar-refractivity contribution in [3.05, 3.63) is 60.7 Å². The van der Waals surface area contributed by atoms with Gasteiger partial charge < -0.3 is 14.6 Å². The standard InChI is InChI=1S/C20H12O3/c21-17-7-3-4-11-8-19-15(9-14(11)17)16-10-18(22)12-5-1-2-6-13(12)20(16)23-19/h1-10,21-22H. The molecule has 0 radical (unpaired) electrons. The van der Waals surface area contributed by atoms with Crippen molar-refractivity contribution in [1.29, 1.82) is 0 Å². The summed E-state index contributed by atoms with van der Waals surface area (Å²) in [5.74, 6) is 0.469. The Bertz CT molecular complexity index is 1230. The number of hydrogen-bond acceptors (Lipinski definition) is 3. The van der Waals surface area contributed by atoms with Crippen molar-refractivity contribution in [3.63, 3.8) is 0 Å². The van der Waals surface area contributed by atoms with Crippen LogP contribution in [-0.4, -0.2) is 10.2 Å². The number of hydrogen-bond donors (Lipinski definition) is 2. The van der Waals surface area contributed by atoms with Crippen LogP contribution in [0.1, 0.15) is 0 Å². The number of phenols is 2. The predicted molar refractivity (Wildman–Crippen MR) is 92.1 cm³/mol. The number of rotatable bonds is 0. The highest BCUT2D eigenvalue weighted by Gasteiger charge is 2.14. The Hall–Kier alpha value is -3.20. The molecule has 0 fully saturated rings. The molecule has 110 valence electrons. The number of furan rings is 1. The van der Waals surface area contributed by atoms with Crippen LogP contribution >= 0.6 is 0 Å². The molecule has 3 nitrogen and oxygen atoms in total. The van der Waals surface area contributed by atoms with Gasteiger partial charge in [0.1, 0.15) is 22.7 Å². The van der Waals surface area contributed by atoms with Crippen LogP contribution < -0.4 is 0 Å². The van der Waals surface area contributed by atoms with E-state index in [9.17, 15) is 10.2 Å². The van der Waals surface area contributed by atoms with Crippen LogP contribution in [0.15, 0.2) is 65.1 Å². The lowest BCUT2D eigenvalue weighted by Gasteiger charge is -2.02. The molecule has 23 heavy (non-hydrogen) atoms. The molecule has 3 heteroatoms. The average Bonchev–Trinajstić information content (AvgIpc) is 2.92. The second-order valence-electron chi connectivity index (χ2n) is 5.77. The van der Waals surface area contributed by atoms with Crippen molar-refractivity contribution in [2.75, 3.05) is 0 Å². The first-order chi connectivity index (χ1) is 11.2. The summed E-state index contributed by atoms with van der Waals surface area (Å²) in [6.07, 6.45) is 0. The van der Waals surface area contributed by atoms with Crippen molar-refractivity contribution in [1.82, 2.24) is 0 Å². The normalized spacial score (nSPS) is 11.8. The molecule has 0 unspecified atom stereocenters. The third-order valence-electron chi connectivity index (χ3n) is 4.43. The highest BCUT2D eigenvalue weighted by atomic mass is 16.3. The molecule has 2 N–H and O–H groups in total. The maximum Gasteiger partial charge on any atom is 0.143 e. The van der Waals surface area contributed by atoms with Gasteiger partial charge in [0.2, 0.25) is 0 Å². The maximum atomic E-state index is 10.3. The van der Waals surface area contributed by atoms with Crippen LogP contribution in [0.5, 0.6) is 11.5 Å². The molecule has 0 amide bonds. The van der Waals surface area contributed by atoms with Crippen molar-refractivity contribution >= 4 is 43.5 Å². The molecule has 1 heterocycles. The van der Waals surface area contributed by atoms with Gasteiger partial charge in [-0.3, -0.25) is 0 Å². The van der Waals surface area contributed by atoms with Gasteiger partial charge in [-0.15, -0.1) is 0 Å². The zero-order valence-electron chi connectivity index (χ0n) is 12.1. The van der Waals surface area contributed by atoms with E-state index in [1.807, 2.05) is 48.5 Å². The number of benzene rings is 4. The second-order valence-corrected chi connectivity index (χ2v) is 5.77. The molecule has 5 aromatic rings. The lowest BCUT2D eigenvalue weighted by Crippen LogP contribution is -1.76. The van der Waals surface area contributed by atoms with E-state index >= 15 is 0 Å². The first kappa shape index (κ1) is 12.4. The van der Waals surface area contributed by atoms with E-state index in [0.717, 1.165) is 43.5 Å². The van der Waals surface area contributed by atoms with Crippen molar-refractivity contribution < 1.29 is 14.6 Å². The molecule has 0 atom stereocenters. The second kappa shape index (κ2) is 4.17. The van der Waals surface area contributed by atoms with Crippen LogP contribution in [0.2, 0.25) is 0 Å². The molecule has 0 aliphatic heterocycles. The lowest BCUT2D eigenvalue weighted by atomic mass is 10.0. The molecular formula is C20H12O3. The van der Waals surface area contributed by atoms with Gasteiger partial charge in [-0.05, 0) is 29.7 Å². The molecule has 0 spiro atoms. The van der Waals surface area contributed by atoms with Crippen LogP contribution in [0, 0.1) is 0 Å². The fraction of sp³-hybridized carbons (Fsp3) is 0. The quantitative estimate of drug-likeness (QED) is 0.408. The summed E-state index contributed by atoms with van der Waals surface area (Å²) in [7, 11) is 0. The predicted octanol–water partition coefficient (Wildman–Crippen LogP) is 5.30. The number of aromatic hydroxyl groups is 2. The maximum absolute atomic E-state index is 10.3. The molecule has 0 saturated heterocycles. The van der Waals surface area contributed by atoms with E-state index in [2.05, 4.69) is 0 Å². The minimum atomic E-state index is 0.230. The molecule has 0 saturated carbocycles. The molecule has 0 bridgehead atoms. The molecule has 4 aromatic carbocycles. The largest absolute Gasteiger partial charge is 0.507 e. The van der Waals surface area contributed by atoms with Crippen LogP contribution in [0.3, 0.4) is 0 Å². The summed E-state index contributed by atoms with van der Waals surface area (Å²) in [5, 5.41) is 25.5. The summed E-state index contributed by atoms with van der Waals surface area (Å²) in [6, 6.07) is 18.6. The van der Waals surface area contributed by atoms with E-state index in [-0.39, 0.29) is 11.5 Å². The fourth-order valence-electron chi connectivity index (χ4n) is 3.33. The number of fused-ring (bicyclic) bond motifs is 6. The summed E-state index contributed by atoms with van der Waals surface area (Å²) < 4.78 is 6.08. The summed E-state index contributed by atoms with van der Waals surface area (Å²) in [6.45, 7) is 0. The fourth-order valence-corrected chi connectivity index (χ4v) is 3.33. The van der Waals surface area contributed by atoms with E-state index in [1.165, 1.54) is 0 Å². The van der Waals surface area contributed by atoms with Gasteiger partial charge in [0.15, 0.2) is 0 Å². The zero-order valence-corrected chi connectivity index (χ0v) is 12.1. The van der Waals surface area contributed by atoms with Crippen molar-refractivity contribution in [2.45, 2.75) is 0 Å². The monoisotopic (exact) mass is 300 g/mol. The smallest absolute Gasteiger partial charge is 0.143 e. The van der Waals surface area contributed by atoms with Crippen molar-refractivity contribution in [2.24, 2.45) is 0 Å². The highest BCUT2D eigenvalue weighted by molar-refractivity contribution is 6.19. The van der Waals surface area contributed by atoms with Crippen LogP contribution in [0.25, 0.3) is 43.5 Å². The Labute approximate surface area is 131 Å². The van der Waals surface area contributed by atoms with E-state index < -0.39 is 0 Å². The van der Waals surface area contributed by atoms with Gasteiger partial charge in [0.05, 0.1) is 0 Å². The summed E-state index contributed by atoms with van der Waals surface area (Å²) in [5.41, 5.74) is 1.50. The zero-order chi connectivity index (χ0) is 15.6. The average molecular weight is 300 g/mol. The van der Waals surface area contributed by atoms with Gasteiger partial charge in [0, 0.05) is 26.9 Å². The highest BCUT2D eigenvalue weighted by Crippen LogP contribution is 2.40. The number of phenolic OH excluding ortho intramolecular Hbond substituents is 2. The Morgan fingerprint density at radius 2 is 1.43 bits per heavy atom. The minimum absolute atomic E-state index is 0.230. The molecule has 5 rings (SSSR count). The molecular weight excluding hydrogens is 288 g/mol.